The zero-order chi connectivity index (χ0) is 14.5. The number of hydrogen-bond donors (Lipinski definition) is 1. The van der Waals surface area contributed by atoms with E-state index in [-0.39, 0.29) is 5.56 Å². The summed E-state index contributed by atoms with van der Waals surface area (Å²) in [7, 11) is 1.58. The number of carboxylic acid groups (broad SMARTS) is 1. The van der Waals surface area contributed by atoms with Gasteiger partial charge in [-0.25, -0.2) is 4.79 Å². The first-order valence-electron chi connectivity index (χ1n) is 6.28. The van der Waals surface area contributed by atoms with E-state index in [1.807, 2.05) is 30.3 Å². The number of allylic oxidation sites excluding steroid dienone is 1. The summed E-state index contributed by atoms with van der Waals surface area (Å²) in [4.78, 5) is 11.3. The molecule has 0 atom stereocenters. The van der Waals surface area contributed by atoms with Gasteiger partial charge in [-0.15, -0.1) is 6.58 Å². The lowest BCUT2D eigenvalue weighted by atomic mass is 9.97. The molecule has 2 rings (SSSR count). The first-order chi connectivity index (χ1) is 9.67. The maximum atomic E-state index is 11.3. The second kappa shape index (κ2) is 6.06. The van der Waals surface area contributed by atoms with Crippen molar-refractivity contribution in [1.82, 2.24) is 0 Å². The summed E-state index contributed by atoms with van der Waals surface area (Å²) >= 11 is 0. The third-order valence-corrected chi connectivity index (χ3v) is 3.09. The van der Waals surface area contributed by atoms with E-state index in [1.54, 1.807) is 25.3 Å². The van der Waals surface area contributed by atoms with Crippen molar-refractivity contribution >= 4 is 5.97 Å². The highest BCUT2D eigenvalue weighted by Crippen LogP contribution is 2.33. The summed E-state index contributed by atoms with van der Waals surface area (Å²) < 4.78 is 5.39. The van der Waals surface area contributed by atoms with Crippen LogP contribution in [0.25, 0.3) is 11.1 Å². The van der Waals surface area contributed by atoms with E-state index in [1.165, 1.54) is 0 Å². The Bertz CT molecular complexity index is 644. The highest BCUT2D eigenvalue weighted by molar-refractivity contribution is 5.97. The number of rotatable bonds is 5. The third kappa shape index (κ3) is 2.72. The van der Waals surface area contributed by atoms with Gasteiger partial charge in [0.05, 0.1) is 12.7 Å². The van der Waals surface area contributed by atoms with Gasteiger partial charge < -0.3 is 9.84 Å². The van der Waals surface area contributed by atoms with Gasteiger partial charge in [-0.1, -0.05) is 36.4 Å². The molecule has 0 aliphatic rings. The number of hydrogen-bond acceptors (Lipinski definition) is 2. The van der Waals surface area contributed by atoms with Crippen LogP contribution in [0.5, 0.6) is 5.75 Å². The molecule has 2 aromatic carbocycles. The monoisotopic (exact) mass is 268 g/mol. The van der Waals surface area contributed by atoms with Gasteiger partial charge in [0.1, 0.15) is 5.75 Å². The number of ether oxygens (including phenoxy) is 1. The van der Waals surface area contributed by atoms with Crippen molar-refractivity contribution in [3.05, 3.63) is 66.2 Å². The van der Waals surface area contributed by atoms with Crippen LogP contribution in [0.4, 0.5) is 0 Å². The van der Waals surface area contributed by atoms with Crippen LogP contribution in [-0.2, 0) is 6.42 Å². The molecular weight excluding hydrogens is 252 g/mol. The minimum atomic E-state index is -0.946. The quantitative estimate of drug-likeness (QED) is 0.839. The third-order valence-electron chi connectivity index (χ3n) is 3.09. The lowest BCUT2D eigenvalue weighted by molar-refractivity contribution is 0.0697. The van der Waals surface area contributed by atoms with Crippen LogP contribution in [-0.4, -0.2) is 18.2 Å². The number of carbonyl (C=O) groups is 1. The van der Waals surface area contributed by atoms with Gasteiger partial charge >= 0.3 is 5.97 Å². The first kappa shape index (κ1) is 13.9. The molecule has 0 radical (unpaired) electrons. The smallest absolute Gasteiger partial charge is 0.336 e. The summed E-state index contributed by atoms with van der Waals surface area (Å²) in [5.74, 6) is -0.282. The van der Waals surface area contributed by atoms with Crippen molar-refractivity contribution in [3.63, 3.8) is 0 Å². The zero-order valence-electron chi connectivity index (χ0n) is 11.3. The minimum absolute atomic E-state index is 0.266. The summed E-state index contributed by atoms with van der Waals surface area (Å²) in [6, 6.07) is 12.7. The normalized spacial score (nSPS) is 10.1. The van der Waals surface area contributed by atoms with Gasteiger partial charge in [0.25, 0.3) is 0 Å². The number of methoxy groups -OCH3 is 1. The number of benzene rings is 2. The fourth-order valence-electron chi connectivity index (χ4n) is 2.16. The molecule has 0 saturated heterocycles. The summed E-state index contributed by atoms with van der Waals surface area (Å²) in [6.45, 7) is 3.71. The molecule has 0 bridgehead atoms. The van der Waals surface area contributed by atoms with Gasteiger partial charge in [0, 0.05) is 5.56 Å². The average Bonchev–Trinajstić information content (AvgIpc) is 2.47. The van der Waals surface area contributed by atoms with E-state index in [0.29, 0.717) is 11.3 Å². The predicted octanol–water partition coefficient (Wildman–Crippen LogP) is 3.79. The van der Waals surface area contributed by atoms with Crippen molar-refractivity contribution in [3.8, 4) is 16.9 Å². The molecule has 0 amide bonds. The molecule has 0 aliphatic heterocycles. The standard InChI is InChI=1S/C17H16O3/c1-3-6-12-9-10-14(16(11-12)20-2)13-7-4-5-8-15(13)17(18)19/h3-5,7-11H,1,6H2,2H3,(H,18,19). The van der Waals surface area contributed by atoms with Gasteiger partial charge in [0.15, 0.2) is 0 Å². The Kier molecular flexibility index (Phi) is 4.20. The maximum absolute atomic E-state index is 11.3. The van der Waals surface area contributed by atoms with Gasteiger partial charge in [-0.2, -0.15) is 0 Å². The number of carboxylic acids is 1. The molecule has 0 unspecified atom stereocenters. The van der Waals surface area contributed by atoms with Gasteiger partial charge in [0.2, 0.25) is 0 Å². The molecule has 1 N–H and O–H groups in total. The van der Waals surface area contributed by atoms with E-state index >= 15 is 0 Å². The van der Waals surface area contributed by atoms with E-state index < -0.39 is 5.97 Å². The molecule has 0 heterocycles. The average molecular weight is 268 g/mol. The SMILES string of the molecule is C=CCc1ccc(-c2ccccc2C(=O)O)c(OC)c1. The second-order valence-corrected chi connectivity index (χ2v) is 4.38. The molecule has 20 heavy (non-hydrogen) atoms. The Morgan fingerprint density at radius 1 is 1.25 bits per heavy atom. The first-order valence-corrected chi connectivity index (χ1v) is 6.28. The molecule has 0 aromatic heterocycles. The molecule has 102 valence electrons. The Hall–Kier alpha value is -2.55. The Labute approximate surface area is 118 Å². The minimum Gasteiger partial charge on any atom is -0.496 e. The van der Waals surface area contributed by atoms with E-state index in [4.69, 9.17) is 4.74 Å². The van der Waals surface area contributed by atoms with Crippen molar-refractivity contribution < 1.29 is 14.6 Å². The summed E-state index contributed by atoms with van der Waals surface area (Å²) in [5.41, 5.74) is 2.77. The molecule has 0 saturated carbocycles. The Morgan fingerprint density at radius 3 is 2.65 bits per heavy atom. The van der Waals surface area contributed by atoms with Gasteiger partial charge in [-0.3, -0.25) is 0 Å². The molecular formula is C17H16O3. The molecule has 3 nitrogen and oxygen atoms in total. The largest absolute Gasteiger partial charge is 0.496 e. The lowest BCUT2D eigenvalue weighted by Crippen LogP contribution is -2.00. The van der Waals surface area contributed by atoms with Crippen LogP contribution in [0.15, 0.2) is 55.1 Å². The van der Waals surface area contributed by atoms with Crippen LogP contribution in [0.2, 0.25) is 0 Å². The number of aromatic carboxylic acids is 1. The van der Waals surface area contributed by atoms with Crippen LogP contribution in [0, 0.1) is 0 Å². The maximum Gasteiger partial charge on any atom is 0.336 e. The van der Waals surface area contributed by atoms with Crippen LogP contribution < -0.4 is 4.74 Å². The fourth-order valence-corrected chi connectivity index (χ4v) is 2.16. The molecule has 0 fully saturated rings. The Balaban J connectivity index is 2.58. The lowest BCUT2D eigenvalue weighted by Gasteiger charge is -2.12. The molecule has 3 heteroatoms. The van der Waals surface area contributed by atoms with Crippen molar-refractivity contribution in [2.45, 2.75) is 6.42 Å². The van der Waals surface area contributed by atoms with Crippen molar-refractivity contribution in [2.24, 2.45) is 0 Å². The van der Waals surface area contributed by atoms with E-state index in [0.717, 1.165) is 17.5 Å². The predicted molar refractivity (Wildman–Crippen MR) is 79.3 cm³/mol. The van der Waals surface area contributed by atoms with Crippen molar-refractivity contribution in [1.29, 1.82) is 0 Å². The second-order valence-electron chi connectivity index (χ2n) is 4.38. The van der Waals surface area contributed by atoms with Crippen LogP contribution in [0.3, 0.4) is 0 Å². The summed E-state index contributed by atoms with van der Waals surface area (Å²) in [5, 5.41) is 9.28. The van der Waals surface area contributed by atoms with Crippen molar-refractivity contribution in [2.75, 3.05) is 7.11 Å². The zero-order valence-corrected chi connectivity index (χ0v) is 11.3. The van der Waals surface area contributed by atoms with Crippen LogP contribution >= 0.6 is 0 Å². The highest BCUT2D eigenvalue weighted by atomic mass is 16.5. The molecule has 2 aromatic rings. The topological polar surface area (TPSA) is 46.5 Å². The Morgan fingerprint density at radius 2 is 2.00 bits per heavy atom. The highest BCUT2D eigenvalue weighted by Gasteiger charge is 2.14. The molecule has 0 spiro atoms. The summed E-state index contributed by atoms with van der Waals surface area (Å²) in [6.07, 6.45) is 2.57. The van der Waals surface area contributed by atoms with Crippen LogP contribution in [0.1, 0.15) is 15.9 Å². The fraction of sp³-hybridized carbons (Fsp3) is 0.118. The van der Waals surface area contributed by atoms with E-state index in [9.17, 15) is 9.90 Å². The van der Waals surface area contributed by atoms with E-state index in [2.05, 4.69) is 6.58 Å². The van der Waals surface area contributed by atoms with Gasteiger partial charge in [-0.05, 0) is 29.7 Å². The molecule has 0 aliphatic carbocycles.